The largest absolute Gasteiger partial charge is 0.477 e. The normalized spacial score (nSPS) is 21.9. The van der Waals surface area contributed by atoms with Crippen LogP contribution in [0.15, 0.2) is 0 Å². The van der Waals surface area contributed by atoms with Gasteiger partial charge in [-0.1, -0.05) is 0 Å². The molecule has 0 radical (unpaired) electrons. The number of carboxylic acids is 1. The van der Waals surface area contributed by atoms with E-state index in [1.165, 1.54) is 6.92 Å². The summed E-state index contributed by atoms with van der Waals surface area (Å²) in [7, 11) is -3.32. The lowest BCUT2D eigenvalue weighted by Gasteiger charge is -2.22. The van der Waals surface area contributed by atoms with Crippen LogP contribution in [0.2, 0.25) is 0 Å². The molecule has 5 nitrogen and oxygen atoms in total. The Morgan fingerprint density at radius 3 is 2.50 bits per heavy atom. The van der Waals surface area contributed by atoms with Crippen LogP contribution in [0.3, 0.4) is 0 Å². The van der Waals surface area contributed by atoms with Crippen molar-refractivity contribution >= 4 is 13.9 Å². The molecule has 0 aromatic carbocycles. The fourth-order valence-corrected chi connectivity index (χ4v) is 2.78. The van der Waals surface area contributed by atoms with Crippen LogP contribution in [0, 0.1) is 11.8 Å². The fraction of sp³-hybridized carbons (Fsp3) is 0.625. The summed E-state index contributed by atoms with van der Waals surface area (Å²) in [6, 6.07) is 0. The third kappa shape index (κ3) is 2.43. The van der Waals surface area contributed by atoms with Crippen LogP contribution in [0.4, 0.5) is 0 Å². The van der Waals surface area contributed by atoms with Gasteiger partial charge in [0.15, 0.2) is 0 Å². The highest BCUT2D eigenvalue weighted by Crippen LogP contribution is 2.62. The Morgan fingerprint density at radius 1 is 1.50 bits per heavy atom. The maximum atomic E-state index is 10.8. The van der Waals surface area contributed by atoms with Crippen LogP contribution < -0.4 is 0 Å². The summed E-state index contributed by atoms with van der Waals surface area (Å²) < 4.78 is 10.0. The van der Waals surface area contributed by atoms with Crippen LogP contribution in [0.5, 0.6) is 0 Å². The summed E-state index contributed by atoms with van der Waals surface area (Å²) in [5, 5.41) is 8.83. The molecule has 0 aromatic rings. The van der Waals surface area contributed by atoms with Gasteiger partial charge in [-0.25, -0.2) is 4.79 Å². The molecular weight excluding hydrogens is 207 g/mol. The average molecular weight is 219 g/mol. The Bertz CT molecular complexity index is 273. The smallest absolute Gasteiger partial charge is 0.436 e. The number of hydrogen-bond acceptors (Lipinski definition) is 4. The Hall–Kier alpha value is -0.660. The van der Waals surface area contributed by atoms with Crippen molar-refractivity contribution in [1.29, 1.82) is 0 Å². The zero-order valence-electron chi connectivity index (χ0n) is 7.77. The van der Waals surface area contributed by atoms with E-state index in [1.54, 1.807) is 0 Å². The molecule has 1 heterocycles. The molecule has 6 heteroatoms. The van der Waals surface area contributed by atoms with Crippen molar-refractivity contribution in [2.45, 2.75) is 19.0 Å². The first kappa shape index (κ1) is 11.4. The van der Waals surface area contributed by atoms with Crippen molar-refractivity contribution in [3.8, 4) is 11.8 Å². The van der Waals surface area contributed by atoms with Crippen LogP contribution >= 0.6 is 7.94 Å². The topological polar surface area (TPSA) is 76.0 Å². The molecule has 0 saturated carbocycles. The van der Waals surface area contributed by atoms with Crippen molar-refractivity contribution in [1.82, 2.24) is 0 Å². The maximum absolute atomic E-state index is 10.8. The molecule has 14 heavy (non-hydrogen) atoms. The molecular formula is C8H12O5P+. The molecule has 0 amide bonds. The van der Waals surface area contributed by atoms with Crippen molar-refractivity contribution in [2.75, 3.05) is 13.2 Å². The number of hydrogen-bond donors (Lipinski definition) is 2. The highest BCUT2D eigenvalue weighted by molar-refractivity contribution is 7.62. The summed E-state index contributed by atoms with van der Waals surface area (Å²) >= 11 is 0. The second-order valence-electron chi connectivity index (χ2n) is 2.72. The van der Waals surface area contributed by atoms with Gasteiger partial charge in [-0.2, -0.15) is 13.9 Å². The molecule has 1 atom stereocenters. The van der Waals surface area contributed by atoms with E-state index in [0.717, 1.165) is 0 Å². The van der Waals surface area contributed by atoms with E-state index in [1.807, 2.05) is 0 Å². The van der Waals surface area contributed by atoms with Crippen molar-refractivity contribution in [3.05, 3.63) is 0 Å². The third-order valence-electron chi connectivity index (χ3n) is 1.68. The van der Waals surface area contributed by atoms with E-state index in [4.69, 9.17) is 14.2 Å². The average Bonchev–Trinajstić information content (AvgIpc) is 2.14. The third-order valence-corrected chi connectivity index (χ3v) is 3.79. The minimum atomic E-state index is -3.32. The van der Waals surface area contributed by atoms with E-state index >= 15 is 0 Å². The summed E-state index contributed by atoms with van der Waals surface area (Å²) in [6.45, 7) is 2.14. The number of carbonyl (C=O) groups is 1. The summed E-state index contributed by atoms with van der Waals surface area (Å²) in [6.07, 6.45) is 0.661. The Balaban J connectivity index is 2.82. The Labute approximate surface area is 82.6 Å². The zero-order valence-corrected chi connectivity index (χ0v) is 8.66. The first-order valence-corrected chi connectivity index (χ1v) is 5.80. The summed E-state index contributed by atoms with van der Waals surface area (Å²) in [4.78, 5) is 20.6. The number of rotatable bonds is 2. The first-order chi connectivity index (χ1) is 6.60. The molecule has 0 bridgehead atoms. The second-order valence-corrected chi connectivity index (χ2v) is 4.88. The minimum Gasteiger partial charge on any atom is -0.477 e. The molecule has 1 aliphatic heterocycles. The zero-order chi connectivity index (χ0) is 10.6. The molecule has 0 spiro atoms. The Morgan fingerprint density at radius 2 is 2.07 bits per heavy atom. The van der Waals surface area contributed by atoms with Crippen LogP contribution in [-0.2, 0) is 13.8 Å². The van der Waals surface area contributed by atoms with Crippen molar-refractivity contribution in [2.24, 2.45) is 0 Å². The fourth-order valence-electron chi connectivity index (χ4n) is 1.06. The molecule has 0 aromatic heterocycles. The minimum absolute atomic E-state index is 0.319. The molecule has 1 fully saturated rings. The predicted molar refractivity (Wildman–Crippen MR) is 50.5 cm³/mol. The van der Waals surface area contributed by atoms with E-state index in [2.05, 4.69) is 11.8 Å². The van der Waals surface area contributed by atoms with Gasteiger partial charge in [0.05, 0.1) is 13.2 Å². The van der Waals surface area contributed by atoms with Gasteiger partial charge in [-0.15, -0.1) is 5.92 Å². The highest BCUT2D eigenvalue weighted by atomic mass is 31.2. The quantitative estimate of drug-likeness (QED) is 0.527. The number of carboxylic acid groups (broad SMARTS) is 1. The molecule has 1 unspecified atom stereocenters. The summed E-state index contributed by atoms with van der Waals surface area (Å²) in [5.74, 6) is 3.63. The van der Waals surface area contributed by atoms with Crippen molar-refractivity contribution in [3.63, 3.8) is 0 Å². The van der Waals surface area contributed by atoms with Gasteiger partial charge < -0.3 is 5.11 Å². The van der Waals surface area contributed by atoms with Gasteiger partial charge in [0.2, 0.25) is 0 Å². The molecule has 1 saturated heterocycles. The SMILES string of the molecule is CC#CC(C(=O)O)[P+]1(O)OCCCO1. The highest BCUT2D eigenvalue weighted by Gasteiger charge is 2.56. The maximum Gasteiger partial charge on any atom is 0.436 e. The lowest BCUT2D eigenvalue weighted by molar-refractivity contribution is -0.136. The standard InChI is InChI=1S/C8H11O5P/c1-2-4-7(8(9)10)14(11)12-5-3-6-13-14/h7,11H,3,5-6H2,1H3/p+1. The summed E-state index contributed by atoms with van der Waals surface area (Å²) in [5.41, 5.74) is -1.26. The monoisotopic (exact) mass is 219 g/mol. The molecule has 1 rings (SSSR count). The predicted octanol–water partition coefficient (Wildman–Crippen LogP) is 0.655. The molecule has 1 aliphatic rings. The van der Waals surface area contributed by atoms with Gasteiger partial charge in [0.1, 0.15) is 0 Å². The van der Waals surface area contributed by atoms with Crippen LogP contribution in [0.1, 0.15) is 13.3 Å². The van der Waals surface area contributed by atoms with Gasteiger partial charge in [0.25, 0.3) is 0 Å². The molecule has 2 N–H and O–H groups in total. The lowest BCUT2D eigenvalue weighted by atomic mass is 10.4. The Kier molecular flexibility index (Phi) is 3.85. The van der Waals surface area contributed by atoms with Crippen LogP contribution in [-0.4, -0.2) is 34.8 Å². The van der Waals surface area contributed by atoms with Gasteiger partial charge in [0, 0.05) is 6.42 Å². The lowest BCUT2D eigenvalue weighted by Crippen LogP contribution is -2.28. The van der Waals surface area contributed by atoms with Crippen molar-refractivity contribution < 1.29 is 23.8 Å². The van der Waals surface area contributed by atoms with E-state index in [9.17, 15) is 9.69 Å². The van der Waals surface area contributed by atoms with Gasteiger partial charge in [-0.05, 0) is 12.8 Å². The van der Waals surface area contributed by atoms with Gasteiger partial charge >= 0.3 is 19.6 Å². The number of aliphatic carboxylic acids is 1. The molecule has 78 valence electrons. The van der Waals surface area contributed by atoms with Gasteiger partial charge in [-0.3, -0.25) is 0 Å². The van der Waals surface area contributed by atoms with E-state index < -0.39 is 19.6 Å². The first-order valence-electron chi connectivity index (χ1n) is 4.16. The van der Waals surface area contributed by atoms with E-state index in [0.29, 0.717) is 19.6 Å². The molecule has 0 aliphatic carbocycles. The second kappa shape index (κ2) is 4.72. The van der Waals surface area contributed by atoms with E-state index in [-0.39, 0.29) is 0 Å². The van der Waals surface area contributed by atoms with Crippen LogP contribution in [0.25, 0.3) is 0 Å².